The Labute approximate surface area is 218 Å². The molecule has 2 aromatic rings. The van der Waals surface area contributed by atoms with E-state index in [1.807, 2.05) is 70.2 Å². The van der Waals surface area contributed by atoms with Gasteiger partial charge in [-0.3, -0.25) is 14.5 Å². The average molecular weight is 495 g/mol. The van der Waals surface area contributed by atoms with Crippen molar-refractivity contribution in [3.63, 3.8) is 0 Å². The second-order valence-electron chi connectivity index (χ2n) is 9.78. The highest BCUT2D eigenvalue weighted by atomic mass is 16.2. The fourth-order valence-electron chi connectivity index (χ4n) is 4.47. The van der Waals surface area contributed by atoms with Gasteiger partial charge in [-0.2, -0.15) is 0 Å². The Bertz CT molecular complexity index is 953. The van der Waals surface area contributed by atoms with Gasteiger partial charge in [-0.05, 0) is 95.8 Å². The van der Waals surface area contributed by atoms with E-state index in [-0.39, 0.29) is 23.9 Å². The summed E-state index contributed by atoms with van der Waals surface area (Å²) in [5.41, 5.74) is 5.23. The number of anilines is 2. The monoisotopic (exact) mass is 494 g/mol. The zero-order valence-corrected chi connectivity index (χ0v) is 23.1. The van der Waals surface area contributed by atoms with Crippen LogP contribution in [0.2, 0.25) is 0 Å². The van der Waals surface area contributed by atoms with Crippen molar-refractivity contribution in [3.05, 3.63) is 59.2 Å². The van der Waals surface area contributed by atoms with Crippen LogP contribution in [-0.2, 0) is 9.59 Å². The Kier molecular flexibility index (Phi) is 12.6. The second kappa shape index (κ2) is 15.4. The molecule has 3 N–H and O–H groups in total. The summed E-state index contributed by atoms with van der Waals surface area (Å²) in [5, 5.41) is 9.23. The molecule has 0 aromatic heterocycles. The van der Waals surface area contributed by atoms with Crippen LogP contribution in [0.4, 0.5) is 11.4 Å². The van der Waals surface area contributed by atoms with Crippen molar-refractivity contribution in [1.82, 2.24) is 10.2 Å². The van der Waals surface area contributed by atoms with Gasteiger partial charge in [0.1, 0.15) is 0 Å². The first-order chi connectivity index (χ1) is 17.3. The van der Waals surface area contributed by atoms with Crippen LogP contribution in [0.3, 0.4) is 0 Å². The van der Waals surface area contributed by atoms with Gasteiger partial charge in [0.15, 0.2) is 0 Å². The fraction of sp³-hybridized carbons (Fsp3) is 0.533. The normalized spacial score (nSPS) is 16.4. The van der Waals surface area contributed by atoms with Crippen molar-refractivity contribution in [2.75, 3.05) is 30.3 Å². The summed E-state index contributed by atoms with van der Waals surface area (Å²) in [7, 11) is 0. The van der Waals surface area contributed by atoms with E-state index in [0.29, 0.717) is 0 Å². The summed E-state index contributed by atoms with van der Waals surface area (Å²) in [6.45, 7) is 15.2. The lowest BCUT2D eigenvalue weighted by molar-refractivity contribution is -0.122. The van der Waals surface area contributed by atoms with Gasteiger partial charge in [-0.1, -0.05) is 56.7 Å². The third-order valence-electron chi connectivity index (χ3n) is 6.65. The molecule has 6 heteroatoms. The number of hydrogen-bond acceptors (Lipinski definition) is 4. The zero-order valence-electron chi connectivity index (χ0n) is 23.1. The third-order valence-corrected chi connectivity index (χ3v) is 6.65. The van der Waals surface area contributed by atoms with Crippen molar-refractivity contribution in [2.24, 2.45) is 0 Å². The molecule has 1 aliphatic heterocycles. The van der Waals surface area contributed by atoms with E-state index in [0.717, 1.165) is 73.4 Å². The van der Waals surface area contributed by atoms with E-state index >= 15 is 0 Å². The van der Waals surface area contributed by atoms with Crippen LogP contribution in [-0.4, -0.2) is 48.4 Å². The summed E-state index contributed by atoms with van der Waals surface area (Å²) < 4.78 is 0. The van der Waals surface area contributed by atoms with Gasteiger partial charge < -0.3 is 16.0 Å². The Morgan fingerprint density at radius 2 is 1.58 bits per heavy atom. The average Bonchev–Trinajstić information content (AvgIpc) is 2.87. The number of carbonyl (C=O) groups is 2. The molecule has 2 aromatic carbocycles. The lowest BCUT2D eigenvalue weighted by Crippen LogP contribution is -2.47. The second-order valence-corrected chi connectivity index (χ2v) is 9.78. The molecular formula is C30H46N4O2. The molecular weight excluding hydrogens is 448 g/mol. The predicted molar refractivity (Wildman–Crippen MR) is 152 cm³/mol. The molecule has 2 amide bonds. The van der Waals surface area contributed by atoms with E-state index in [1.165, 1.54) is 6.42 Å². The van der Waals surface area contributed by atoms with Crippen molar-refractivity contribution < 1.29 is 9.59 Å². The first-order valence-corrected chi connectivity index (χ1v) is 13.5. The molecule has 0 spiro atoms. The molecule has 1 heterocycles. The fourth-order valence-corrected chi connectivity index (χ4v) is 4.47. The van der Waals surface area contributed by atoms with E-state index in [9.17, 15) is 9.59 Å². The molecule has 1 unspecified atom stereocenters. The van der Waals surface area contributed by atoms with Gasteiger partial charge in [0, 0.05) is 11.4 Å². The number of para-hydroxylation sites is 2. The van der Waals surface area contributed by atoms with E-state index < -0.39 is 0 Å². The van der Waals surface area contributed by atoms with Crippen LogP contribution >= 0.6 is 0 Å². The lowest BCUT2D eigenvalue weighted by atomic mass is 10.0. The maximum Gasteiger partial charge on any atom is 0.241 e. The Balaban J connectivity index is 0.000000261. The van der Waals surface area contributed by atoms with Crippen molar-refractivity contribution >= 4 is 23.2 Å². The minimum absolute atomic E-state index is 0.0164. The van der Waals surface area contributed by atoms with Gasteiger partial charge in [0.05, 0.1) is 12.1 Å². The third kappa shape index (κ3) is 9.07. The van der Waals surface area contributed by atoms with Crippen molar-refractivity contribution in [2.45, 2.75) is 85.7 Å². The molecule has 198 valence electrons. The van der Waals surface area contributed by atoms with Gasteiger partial charge in [-0.15, -0.1) is 0 Å². The molecule has 1 saturated heterocycles. The van der Waals surface area contributed by atoms with Gasteiger partial charge in [-0.25, -0.2) is 0 Å². The Morgan fingerprint density at radius 1 is 0.917 bits per heavy atom. The topological polar surface area (TPSA) is 73.5 Å². The van der Waals surface area contributed by atoms with Gasteiger partial charge >= 0.3 is 0 Å². The van der Waals surface area contributed by atoms with Crippen LogP contribution in [0.1, 0.15) is 69.6 Å². The summed E-state index contributed by atoms with van der Waals surface area (Å²) >= 11 is 0. The minimum atomic E-state index is -0.153. The molecule has 1 aliphatic rings. The van der Waals surface area contributed by atoms with Crippen LogP contribution in [0.5, 0.6) is 0 Å². The molecule has 0 bridgehead atoms. The number of amides is 2. The first kappa shape index (κ1) is 29.5. The molecule has 6 nitrogen and oxygen atoms in total. The molecule has 0 radical (unpaired) electrons. The summed E-state index contributed by atoms with van der Waals surface area (Å²) in [4.78, 5) is 26.7. The van der Waals surface area contributed by atoms with Gasteiger partial charge in [0.2, 0.25) is 11.8 Å². The number of carbonyl (C=O) groups excluding carboxylic acids is 2. The predicted octanol–water partition coefficient (Wildman–Crippen LogP) is 5.83. The molecule has 2 atom stereocenters. The van der Waals surface area contributed by atoms with Crippen molar-refractivity contribution in [3.8, 4) is 0 Å². The van der Waals surface area contributed by atoms with E-state index in [1.54, 1.807) is 0 Å². The summed E-state index contributed by atoms with van der Waals surface area (Å²) in [5.74, 6) is 0.179. The highest BCUT2D eigenvalue weighted by Crippen LogP contribution is 2.23. The maximum atomic E-state index is 12.6. The number of likely N-dealkylation sites (tertiary alicyclic amines) is 1. The number of rotatable bonds is 9. The number of piperidine rings is 1. The highest BCUT2D eigenvalue weighted by molar-refractivity contribution is 5.96. The number of benzene rings is 2. The lowest BCUT2D eigenvalue weighted by Gasteiger charge is -2.34. The molecule has 1 fully saturated rings. The van der Waals surface area contributed by atoms with Crippen LogP contribution in [0.15, 0.2) is 42.5 Å². The van der Waals surface area contributed by atoms with Crippen LogP contribution in [0, 0.1) is 20.8 Å². The van der Waals surface area contributed by atoms with Crippen LogP contribution in [0.25, 0.3) is 0 Å². The molecule has 0 saturated carbocycles. The summed E-state index contributed by atoms with van der Waals surface area (Å²) in [6, 6.07) is 13.8. The summed E-state index contributed by atoms with van der Waals surface area (Å²) in [6.07, 6.45) is 5.49. The minimum Gasteiger partial charge on any atom is -0.324 e. The molecule has 36 heavy (non-hydrogen) atoms. The number of aryl methyl sites for hydroxylation is 3. The number of nitrogens with zero attached hydrogens (tertiary/aromatic N) is 1. The van der Waals surface area contributed by atoms with E-state index in [2.05, 4.69) is 34.7 Å². The smallest absolute Gasteiger partial charge is 0.241 e. The molecule has 0 aliphatic carbocycles. The van der Waals surface area contributed by atoms with Gasteiger partial charge in [0.25, 0.3) is 0 Å². The number of nitrogens with one attached hydrogen (secondary N) is 3. The maximum absolute atomic E-state index is 12.6. The van der Waals surface area contributed by atoms with Crippen LogP contribution < -0.4 is 16.0 Å². The highest BCUT2D eigenvalue weighted by Gasteiger charge is 2.28. The Hall–Kier alpha value is -2.70. The SMILES string of the molecule is CCCN1CCCC[C@H]1C(=O)Nc1c(C)cccc1C.CCCNC(C)C(=O)Nc1ccccc1C. The zero-order chi connectivity index (χ0) is 26.5. The largest absolute Gasteiger partial charge is 0.324 e. The first-order valence-electron chi connectivity index (χ1n) is 13.5. The van der Waals surface area contributed by atoms with Crippen molar-refractivity contribution in [1.29, 1.82) is 0 Å². The standard InChI is InChI=1S/C17H26N2O.C13H20N2O/c1-4-11-19-12-6-5-10-15(19)17(20)18-16-13(2)8-7-9-14(16)3;1-4-9-14-11(3)13(16)15-12-8-6-5-7-10(12)2/h7-9,15H,4-6,10-12H2,1-3H3,(H,18,20);5-8,11,14H,4,9H2,1-3H3,(H,15,16)/t15-;/m0./s1. The van der Waals surface area contributed by atoms with E-state index in [4.69, 9.17) is 0 Å². The molecule has 3 rings (SSSR count). The quantitative estimate of drug-likeness (QED) is 0.410. The Morgan fingerprint density at radius 3 is 2.22 bits per heavy atom. The number of hydrogen-bond donors (Lipinski definition) is 3.